The molecular weight excluding hydrogens is 556 g/mol. The van der Waals surface area contributed by atoms with E-state index in [0.717, 1.165) is 23.8 Å². The number of urea groups is 1. The third kappa shape index (κ3) is 6.19. The standard InChI is InChI=1S/C25H22Cl2FN5O6/c1-38-16-9-20(33(12-16)25(37)31-21-6-3-13(26)10-29-21)22(34)30-19-5-4-15(8-18(19)28)32-11-14(27)7-17(23(32)35)24(36)39-2/h3-8,10-11,16,20H,9,12H2,1-2H3,(H,30,34)(H,29,31,37)/t16-,20-/m1/s1. The van der Waals surface area contributed by atoms with Gasteiger partial charge in [0, 0.05) is 38.5 Å². The summed E-state index contributed by atoms with van der Waals surface area (Å²) >= 11 is 11.9. The first kappa shape index (κ1) is 28.0. The van der Waals surface area contributed by atoms with Gasteiger partial charge in [0.15, 0.2) is 0 Å². The highest BCUT2D eigenvalue weighted by atomic mass is 35.5. The van der Waals surface area contributed by atoms with Crippen molar-refractivity contribution in [1.29, 1.82) is 0 Å². The molecule has 1 saturated heterocycles. The van der Waals surface area contributed by atoms with Crippen molar-refractivity contribution in [3.05, 3.63) is 80.6 Å². The number of methoxy groups -OCH3 is 2. The number of ether oxygens (including phenoxy) is 2. The van der Waals surface area contributed by atoms with Crippen LogP contribution in [0.5, 0.6) is 0 Å². The third-order valence-corrected chi connectivity index (χ3v) is 6.43. The zero-order chi connectivity index (χ0) is 28.3. The largest absolute Gasteiger partial charge is 0.465 e. The van der Waals surface area contributed by atoms with Crippen molar-refractivity contribution in [1.82, 2.24) is 14.5 Å². The molecule has 0 saturated carbocycles. The monoisotopic (exact) mass is 577 g/mol. The summed E-state index contributed by atoms with van der Waals surface area (Å²) < 4.78 is 26.0. The lowest BCUT2D eigenvalue weighted by atomic mass is 10.1. The number of esters is 1. The molecule has 1 aliphatic rings. The molecule has 0 bridgehead atoms. The Hall–Kier alpha value is -4.00. The van der Waals surface area contributed by atoms with Gasteiger partial charge in [-0.25, -0.2) is 19.0 Å². The second kappa shape index (κ2) is 11.8. The highest BCUT2D eigenvalue weighted by Gasteiger charge is 2.40. The van der Waals surface area contributed by atoms with Gasteiger partial charge < -0.3 is 19.7 Å². The van der Waals surface area contributed by atoms with E-state index in [0.29, 0.717) is 5.02 Å². The van der Waals surface area contributed by atoms with Crippen LogP contribution in [-0.2, 0) is 14.3 Å². The number of anilines is 2. The smallest absolute Gasteiger partial charge is 0.343 e. The van der Waals surface area contributed by atoms with Gasteiger partial charge in [0.2, 0.25) is 5.91 Å². The van der Waals surface area contributed by atoms with Gasteiger partial charge in [-0.05, 0) is 30.3 Å². The summed E-state index contributed by atoms with van der Waals surface area (Å²) in [4.78, 5) is 56.0. The molecule has 11 nitrogen and oxygen atoms in total. The van der Waals surface area contributed by atoms with Crippen molar-refractivity contribution in [2.24, 2.45) is 0 Å². The highest BCUT2D eigenvalue weighted by molar-refractivity contribution is 6.31. The van der Waals surface area contributed by atoms with Crippen molar-refractivity contribution >= 4 is 52.6 Å². The second-order valence-corrected chi connectivity index (χ2v) is 9.32. The Morgan fingerprint density at radius 2 is 1.85 bits per heavy atom. The zero-order valence-corrected chi connectivity index (χ0v) is 22.1. The highest BCUT2D eigenvalue weighted by Crippen LogP contribution is 2.25. The molecule has 4 rings (SSSR count). The summed E-state index contributed by atoms with van der Waals surface area (Å²) in [5.74, 6) is -2.17. The van der Waals surface area contributed by atoms with Crippen LogP contribution in [0.15, 0.2) is 53.6 Å². The maximum atomic E-state index is 15.1. The molecular formula is C25H22Cl2FN5O6. The van der Waals surface area contributed by atoms with Gasteiger partial charge in [0.25, 0.3) is 5.56 Å². The van der Waals surface area contributed by atoms with E-state index in [1.54, 1.807) is 6.07 Å². The Morgan fingerprint density at radius 3 is 2.49 bits per heavy atom. The SMILES string of the molecule is COC(=O)c1cc(Cl)cn(-c2ccc(NC(=O)[C@H]3C[C@@H](OC)CN3C(=O)Nc3ccc(Cl)cn3)c(F)c2)c1=O. The average Bonchev–Trinajstić information content (AvgIpc) is 3.37. The number of pyridine rings is 2. The van der Waals surface area contributed by atoms with Crippen molar-refractivity contribution in [3.8, 4) is 5.69 Å². The molecule has 1 aromatic carbocycles. The van der Waals surface area contributed by atoms with Crippen LogP contribution >= 0.6 is 23.2 Å². The van der Waals surface area contributed by atoms with Crippen LogP contribution in [0, 0.1) is 5.82 Å². The molecule has 2 atom stereocenters. The molecule has 0 unspecified atom stereocenters. The number of aromatic nitrogens is 2. The number of nitrogens with zero attached hydrogens (tertiary/aromatic N) is 3. The number of rotatable bonds is 6. The molecule has 0 spiro atoms. The van der Waals surface area contributed by atoms with Crippen molar-refractivity contribution in [2.75, 3.05) is 31.4 Å². The molecule has 3 heterocycles. The number of carbonyl (C=O) groups is 3. The predicted molar refractivity (Wildman–Crippen MR) is 141 cm³/mol. The summed E-state index contributed by atoms with van der Waals surface area (Å²) in [7, 11) is 2.58. The van der Waals surface area contributed by atoms with Crippen molar-refractivity contribution in [2.45, 2.75) is 18.6 Å². The number of benzene rings is 1. The molecule has 3 amide bonds. The van der Waals surface area contributed by atoms with Gasteiger partial charge in [0.05, 0.1) is 34.6 Å². The minimum atomic E-state index is -0.973. The van der Waals surface area contributed by atoms with Crippen LogP contribution in [0.3, 0.4) is 0 Å². The second-order valence-electron chi connectivity index (χ2n) is 8.45. The van der Waals surface area contributed by atoms with Crippen LogP contribution in [0.25, 0.3) is 5.69 Å². The molecule has 1 fully saturated rings. The maximum absolute atomic E-state index is 15.1. The molecule has 39 heavy (non-hydrogen) atoms. The summed E-state index contributed by atoms with van der Waals surface area (Å²) in [6.07, 6.45) is 2.34. The van der Waals surface area contributed by atoms with Crippen LogP contribution in [-0.4, -0.2) is 65.3 Å². The Morgan fingerprint density at radius 1 is 1.08 bits per heavy atom. The fraction of sp³-hybridized carbons (Fsp3) is 0.240. The number of nitrogens with one attached hydrogen (secondary N) is 2. The number of carbonyl (C=O) groups excluding carboxylic acids is 3. The van der Waals surface area contributed by atoms with Crippen LogP contribution in [0.2, 0.25) is 10.0 Å². The number of halogens is 3. The summed E-state index contributed by atoms with van der Waals surface area (Å²) in [5.41, 5.74) is -1.23. The van der Waals surface area contributed by atoms with Gasteiger partial charge in [-0.15, -0.1) is 0 Å². The Kier molecular flexibility index (Phi) is 8.48. The average molecular weight is 578 g/mol. The summed E-state index contributed by atoms with van der Waals surface area (Å²) in [6.45, 7) is 0.121. The Labute approximate surface area is 231 Å². The van der Waals surface area contributed by atoms with Crippen LogP contribution in [0.1, 0.15) is 16.8 Å². The molecule has 0 aliphatic carbocycles. The van der Waals surface area contributed by atoms with E-state index in [2.05, 4.69) is 20.4 Å². The normalized spacial score (nSPS) is 16.6. The topological polar surface area (TPSA) is 132 Å². The van der Waals surface area contributed by atoms with Gasteiger partial charge in [-0.1, -0.05) is 23.2 Å². The molecule has 14 heteroatoms. The Bertz CT molecular complexity index is 1480. The molecule has 2 N–H and O–H groups in total. The summed E-state index contributed by atoms with van der Waals surface area (Å²) in [6, 6.07) is 6.25. The minimum absolute atomic E-state index is 0.0499. The Balaban J connectivity index is 1.54. The minimum Gasteiger partial charge on any atom is -0.465 e. The number of hydrogen-bond acceptors (Lipinski definition) is 7. The first-order chi connectivity index (χ1) is 18.6. The number of hydrogen-bond donors (Lipinski definition) is 2. The van der Waals surface area contributed by atoms with E-state index in [1.807, 2.05) is 0 Å². The molecule has 3 aromatic rings. The lowest BCUT2D eigenvalue weighted by molar-refractivity contribution is -0.119. The van der Waals surface area contributed by atoms with E-state index >= 15 is 4.39 Å². The molecule has 1 aliphatic heterocycles. The van der Waals surface area contributed by atoms with Crippen LogP contribution < -0.4 is 16.2 Å². The first-order valence-corrected chi connectivity index (χ1v) is 12.2. The molecule has 204 valence electrons. The van der Waals surface area contributed by atoms with E-state index in [9.17, 15) is 19.2 Å². The van der Waals surface area contributed by atoms with Crippen LogP contribution in [0.4, 0.5) is 20.7 Å². The van der Waals surface area contributed by atoms with Gasteiger partial charge >= 0.3 is 12.0 Å². The van der Waals surface area contributed by atoms with Gasteiger partial charge in [-0.2, -0.15) is 0 Å². The number of amides is 3. The fourth-order valence-corrected chi connectivity index (χ4v) is 4.36. The van der Waals surface area contributed by atoms with Crippen molar-refractivity contribution in [3.63, 3.8) is 0 Å². The third-order valence-electron chi connectivity index (χ3n) is 6.00. The molecule has 2 aromatic heterocycles. The lowest BCUT2D eigenvalue weighted by Crippen LogP contribution is -2.45. The number of likely N-dealkylation sites (tertiary alicyclic amines) is 1. The summed E-state index contributed by atoms with van der Waals surface area (Å²) in [5, 5.41) is 5.53. The lowest BCUT2D eigenvalue weighted by Gasteiger charge is -2.24. The van der Waals surface area contributed by atoms with Crippen molar-refractivity contribution < 1.29 is 28.2 Å². The predicted octanol–water partition coefficient (Wildman–Crippen LogP) is 3.72. The quantitative estimate of drug-likeness (QED) is 0.426. The van der Waals surface area contributed by atoms with Gasteiger partial charge in [0.1, 0.15) is 23.2 Å². The van der Waals surface area contributed by atoms with E-state index in [-0.39, 0.29) is 40.7 Å². The van der Waals surface area contributed by atoms with E-state index in [1.165, 1.54) is 42.6 Å². The fourth-order valence-electron chi connectivity index (χ4n) is 4.04. The zero-order valence-electron chi connectivity index (χ0n) is 20.6. The maximum Gasteiger partial charge on any atom is 0.343 e. The molecule has 0 radical (unpaired) electrons. The van der Waals surface area contributed by atoms with E-state index in [4.69, 9.17) is 27.9 Å². The van der Waals surface area contributed by atoms with E-state index < -0.39 is 41.4 Å². The van der Waals surface area contributed by atoms with Gasteiger partial charge in [-0.3, -0.25) is 19.5 Å². The first-order valence-electron chi connectivity index (χ1n) is 11.4.